The zero-order chi connectivity index (χ0) is 12.5. The number of ether oxygens (including phenoxy) is 1. The minimum atomic E-state index is -0.542. The highest BCUT2D eigenvalue weighted by molar-refractivity contribution is 5.96. The summed E-state index contributed by atoms with van der Waals surface area (Å²) >= 11 is 0. The van der Waals surface area contributed by atoms with Gasteiger partial charge in [-0.15, -0.1) is 0 Å². The van der Waals surface area contributed by atoms with Gasteiger partial charge in [-0.1, -0.05) is 36.4 Å². The molecular formula is C13H16N2O2. The molecule has 4 heteroatoms. The molecule has 1 amide bonds. The number of nitrogens with one attached hydrogen (secondary N) is 1. The van der Waals surface area contributed by atoms with Gasteiger partial charge in [0.25, 0.3) is 0 Å². The third kappa shape index (κ3) is 5.51. The van der Waals surface area contributed by atoms with E-state index in [1.165, 1.54) is 0 Å². The second-order valence-corrected chi connectivity index (χ2v) is 3.33. The van der Waals surface area contributed by atoms with Crippen LogP contribution in [0.1, 0.15) is 19.4 Å². The first kappa shape index (κ1) is 13.0. The van der Waals surface area contributed by atoms with E-state index < -0.39 is 6.09 Å². The van der Waals surface area contributed by atoms with Gasteiger partial charge in [-0.25, -0.2) is 10.2 Å². The smallest absolute Gasteiger partial charge is 0.427 e. The topological polar surface area (TPSA) is 50.7 Å². The van der Waals surface area contributed by atoms with Crippen LogP contribution in [0.2, 0.25) is 0 Å². The highest BCUT2D eigenvalue weighted by Gasteiger charge is 1.95. The minimum absolute atomic E-state index is 0.334. The lowest BCUT2D eigenvalue weighted by Gasteiger charge is -1.99. The lowest BCUT2D eigenvalue weighted by atomic mass is 10.2. The maximum absolute atomic E-state index is 11.0. The maximum Gasteiger partial charge on any atom is 0.427 e. The molecule has 0 aromatic heterocycles. The molecule has 0 aliphatic rings. The zero-order valence-electron chi connectivity index (χ0n) is 10.0. The van der Waals surface area contributed by atoms with E-state index in [2.05, 4.69) is 15.3 Å². The largest absolute Gasteiger partial charge is 0.449 e. The molecule has 0 saturated heterocycles. The molecule has 90 valence electrons. The van der Waals surface area contributed by atoms with E-state index in [1.54, 1.807) is 13.8 Å². The minimum Gasteiger partial charge on any atom is -0.449 e. The van der Waals surface area contributed by atoms with E-state index in [0.29, 0.717) is 12.3 Å². The van der Waals surface area contributed by atoms with Crippen LogP contribution < -0.4 is 5.43 Å². The Labute approximate surface area is 101 Å². The van der Waals surface area contributed by atoms with Crippen LogP contribution in [0.15, 0.2) is 41.5 Å². The second-order valence-electron chi connectivity index (χ2n) is 3.33. The van der Waals surface area contributed by atoms with Gasteiger partial charge in [0.05, 0.1) is 12.3 Å². The Morgan fingerprint density at radius 3 is 2.76 bits per heavy atom. The van der Waals surface area contributed by atoms with Gasteiger partial charge in [0.1, 0.15) is 0 Å². The van der Waals surface area contributed by atoms with Crippen LogP contribution in [-0.2, 0) is 4.74 Å². The first-order valence-electron chi connectivity index (χ1n) is 5.42. The van der Waals surface area contributed by atoms with Crippen LogP contribution in [0.3, 0.4) is 0 Å². The number of amides is 1. The summed E-state index contributed by atoms with van der Waals surface area (Å²) in [6, 6.07) is 9.86. The highest BCUT2D eigenvalue weighted by Crippen LogP contribution is 2.00. The molecule has 0 aliphatic carbocycles. The Bertz CT molecular complexity index is 411. The van der Waals surface area contributed by atoms with Crippen LogP contribution in [0, 0.1) is 0 Å². The van der Waals surface area contributed by atoms with Crippen LogP contribution in [0.4, 0.5) is 4.79 Å². The molecule has 0 fully saturated rings. The van der Waals surface area contributed by atoms with E-state index in [4.69, 9.17) is 0 Å². The normalized spacial score (nSPS) is 11.5. The van der Waals surface area contributed by atoms with E-state index in [-0.39, 0.29) is 0 Å². The fourth-order valence-corrected chi connectivity index (χ4v) is 1.12. The molecular weight excluding hydrogens is 216 g/mol. The van der Waals surface area contributed by atoms with Crippen molar-refractivity contribution in [1.29, 1.82) is 0 Å². The van der Waals surface area contributed by atoms with Crippen LogP contribution in [0.25, 0.3) is 6.08 Å². The number of hydrogen-bond acceptors (Lipinski definition) is 3. The lowest BCUT2D eigenvalue weighted by molar-refractivity contribution is 0.152. The average molecular weight is 232 g/mol. The fraction of sp³-hybridized carbons (Fsp3) is 0.231. The van der Waals surface area contributed by atoms with Crippen molar-refractivity contribution in [2.75, 3.05) is 6.61 Å². The molecule has 0 saturated carbocycles. The standard InChI is InChI=1S/C13H16N2O2/c1-3-17-13(16)15-14-11(2)9-10-12-7-5-4-6-8-12/h4-10H,3H2,1-2H3,(H,15,16)/b10-9+,14-11+. The van der Waals surface area contributed by atoms with Crippen LogP contribution in [0.5, 0.6) is 0 Å². The molecule has 0 unspecified atom stereocenters. The Balaban J connectivity index is 2.48. The summed E-state index contributed by atoms with van der Waals surface area (Å²) in [5.74, 6) is 0. The molecule has 1 rings (SSSR count). The van der Waals surface area contributed by atoms with Crippen molar-refractivity contribution in [2.45, 2.75) is 13.8 Å². The number of benzene rings is 1. The molecule has 4 nitrogen and oxygen atoms in total. The Morgan fingerprint density at radius 2 is 2.12 bits per heavy atom. The quantitative estimate of drug-likeness (QED) is 0.641. The molecule has 1 aromatic rings. The van der Waals surface area contributed by atoms with Crippen molar-refractivity contribution >= 4 is 17.9 Å². The van der Waals surface area contributed by atoms with Crippen molar-refractivity contribution in [2.24, 2.45) is 5.10 Å². The highest BCUT2D eigenvalue weighted by atomic mass is 16.5. The van der Waals surface area contributed by atoms with Crippen molar-refractivity contribution in [3.8, 4) is 0 Å². The second kappa shape index (κ2) is 7.22. The number of carbonyl (C=O) groups excluding carboxylic acids is 1. The molecule has 1 aromatic carbocycles. The van der Waals surface area contributed by atoms with E-state index in [1.807, 2.05) is 42.5 Å². The van der Waals surface area contributed by atoms with Gasteiger partial charge in [-0.3, -0.25) is 0 Å². The van der Waals surface area contributed by atoms with Gasteiger partial charge in [0.2, 0.25) is 0 Å². The van der Waals surface area contributed by atoms with Crippen molar-refractivity contribution in [3.05, 3.63) is 42.0 Å². The number of hydrogen-bond donors (Lipinski definition) is 1. The lowest BCUT2D eigenvalue weighted by Crippen LogP contribution is -2.19. The van der Waals surface area contributed by atoms with Crippen molar-refractivity contribution in [1.82, 2.24) is 5.43 Å². The molecule has 0 spiro atoms. The summed E-state index contributed by atoms with van der Waals surface area (Å²) in [5, 5.41) is 3.86. The SMILES string of the molecule is CCOC(=O)N/N=C(C)/C=C/c1ccccc1. The van der Waals surface area contributed by atoms with Gasteiger partial charge in [-0.05, 0) is 25.5 Å². The summed E-state index contributed by atoms with van der Waals surface area (Å²) in [6.45, 7) is 3.87. The monoisotopic (exact) mass is 232 g/mol. The zero-order valence-corrected chi connectivity index (χ0v) is 10.0. The fourth-order valence-electron chi connectivity index (χ4n) is 1.12. The molecule has 0 radical (unpaired) electrons. The maximum atomic E-state index is 11.0. The molecule has 17 heavy (non-hydrogen) atoms. The number of rotatable bonds is 4. The van der Waals surface area contributed by atoms with Gasteiger partial charge in [0.15, 0.2) is 0 Å². The predicted molar refractivity (Wildman–Crippen MR) is 68.7 cm³/mol. The molecule has 0 atom stereocenters. The molecule has 1 N–H and O–H groups in total. The Kier molecular flexibility index (Phi) is 5.51. The summed E-state index contributed by atoms with van der Waals surface area (Å²) < 4.78 is 4.67. The van der Waals surface area contributed by atoms with Crippen LogP contribution >= 0.6 is 0 Å². The van der Waals surface area contributed by atoms with Gasteiger partial charge < -0.3 is 4.74 Å². The molecule has 0 bridgehead atoms. The van der Waals surface area contributed by atoms with Gasteiger partial charge in [0, 0.05) is 0 Å². The van der Waals surface area contributed by atoms with E-state index in [0.717, 1.165) is 5.56 Å². The number of carbonyl (C=O) groups is 1. The molecule has 0 aliphatic heterocycles. The summed E-state index contributed by atoms with van der Waals surface area (Å²) in [7, 11) is 0. The summed E-state index contributed by atoms with van der Waals surface area (Å²) in [5.41, 5.74) is 4.07. The van der Waals surface area contributed by atoms with Crippen LogP contribution in [-0.4, -0.2) is 18.4 Å². The van der Waals surface area contributed by atoms with Gasteiger partial charge in [-0.2, -0.15) is 5.10 Å². The van der Waals surface area contributed by atoms with E-state index >= 15 is 0 Å². The number of hydrazone groups is 1. The predicted octanol–water partition coefficient (Wildman–Crippen LogP) is 2.82. The first-order chi connectivity index (χ1) is 8.22. The third-order valence-electron chi connectivity index (χ3n) is 1.92. The number of nitrogens with zero attached hydrogens (tertiary/aromatic N) is 1. The molecule has 0 heterocycles. The number of allylic oxidation sites excluding steroid dienone is 1. The Hall–Kier alpha value is -2.10. The third-order valence-corrected chi connectivity index (χ3v) is 1.92. The van der Waals surface area contributed by atoms with Gasteiger partial charge >= 0.3 is 6.09 Å². The average Bonchev–Trinajstić information content (AvgIpc) is 2.35. The Morgan fingerprint density at radius 1 is 1.41 bits per heavy atom. The van der Waals surface area contributed by atoms with Crippen molar-refractivity contribution < 1.29 is 9.53 Å². The first-order valence-corrected chi connectivity index (χ1v) is 5.42. The summed E-state index contributed by atoms with van der Waals surface area (Å²) in [6.07, 6.45) is 3.20. The van der Waals surface area contributed by atoms with E-state index in [9.17, 15) is 4.79 Å². The van der Waals surface area contributed by atoms with Crippen molar-refractivity contribution in [3.63, 3.8) is 0 Å². The summed E-state index contributed by atoms with van der Waals surface area (Å²) in [4.78, 5) is 11.0.